The number of carbonyl (C=O) groups is 3. The van der Waals surface area contributed by atoms with Crippen LogP contribution in [0.1, 0.15) is 355 Å². The topological polar surface area (TPSA) is 78.9 Å². The average molecular weight is 1100 g/mol. The lowest BCUT2D eigenvalue weighted by Gasteiger charge is -2.18. The Bertz CT molecular complexity index is 1450. The van der Waals surface area contributed by atoms with E-state index in [9.17, 15) is 14.4 Å². The Hall–Kier alpha value is -3.15. The Labute approximate surface area is 491 Å². The first-order chi connectivity index (χ1) is 39.0. The Morgan fingerprint density at radius 2 is 0.494 bits per heavy atom. The number of hydrogen-bond acceptors (Lipinski definition) is 6. The maximum Gasteiger partial charge on any atom is 0.306 e. The summed E-state index contributed by atoms with van der Waals surface area (Å²) in [6.07, 6.45) is 87.8. The summed E-state index contributed by atoms with van der Waals surface area (Å²) >= 11 is 0. The molecular weight excluding hydrogens is 973 g/mol. The fraction of sp³-hybridized carbons (Fsp3) is 0.795. The largest absolute Gasteiger partial charge is 0.462 e. The second kappa shape index (κ2) is 67.4. The van der Waals surface area contributed by atoms with Crippen molar-refractivity contribution < 1.29 is 28.6 Å². The smallest absolute Gasteiger partial charge is 0.306 e. The van der Waals surface area contributed by atoms with Gasteiger partial charge >= 0.3 is 17.9 Å². The zero-order valence-electron chi connectivity index (χ0n) is 52.6. The molecule has 0 fully saturated rings. The molecule has 0 saturated carbocycles. The number of ether oxygens (including phenoxy) is 3. The van der Waals surface area contributed by atoms with Crippen molar-refractivity contribution in [2.75, 3.05) is 13.2 Å². The molecule has 0 rings (SSSR count). The molecule has 0 heterocycles. The first-order valence-electron chi connectivity index (χ1n) is 34.4. The third-order valence-electron chi connectivity index (χ3n) is 15.2. The molecule has 79 heavy (non-hydrogen) atoms. The molecule has 0 aliphatic rings. The molecule has 1 unspecified atom stereocenters. The second-order valence-corrected chi connectivity index (χ2v) is 23.1. The van der Waals surface area contributed by atoms with Crippen LogP contribution in [-0.2, 0) is 28.6 Å². The van der Waals surface area contributed by atoms with Crippen LogP contribution in [-0.4, -0.2) is 37.2 Å². The average Bonchev–Trinajstić information content (AvgIpc) is 3.45. The molecule has 6 nitrogen and oxygen atoms in total. The fourth-order valence-electron chi connectivity index (χ4n) is 10.1. The Kier molecular flexibility index (Phi) is 64.7. The molecular formula is C73H130O6. The van der Waals surface area contributed by atoms with Gasteiger partial charge < -0.3 is 14.2 Å². The lowest BCUT2D eigenvalue weighted by molar-refractivity contribution is -0.167. The Balaban J connectivity index is 4.33. The molecule has 0 aromatic carbocycles. The van der Waals surface area contributed by atoms with Crippen LogP contribution in [0, 0.1) is 0 Å². The minimum atomic E-state index is -0.787. The van der Waals surface area contributed by atoms with Gasteiger partial charge in [-0.05, 0) is 89.9 Å². The van der Waals surface area contributed by atoms with Crippen molar-refractivity contribution in [2.24, 2.45) is 0 Å². The Morgan fingerprint density at radius 3 is 0.797 bits per heavy atom. The molecule has 0 spiro atoms. The van der Waals surface area contributed by atoms with Crippen LogP contribution < -0.4 is 0 Å². The minimum absolute atomic E-state index is 0.0808. The van der Waals surface area contributed by atoms with Gasteiger partial charge in [-0.1, -0.05) is 318 Å². The number of hydrogen-bond donors (Lipinski definition) is 0. The van der Waals surface area contributed by atoms with Gasteiger partial charge in [0.1, 0.15) is 13.2 Å². The van der Waals surface area contributed by atoms with Crippen LogP contribution in [0.25, 0.3) is 0 Å². The Morgan fingerprint density at radius 1 is 0.266 bits per heavy atom. The number of carbonyl (C=O) groups excluding carboxylic acids is 3. The molecule has 0 radical (unpaired) electrons. The lowest BCUT2D eigenvalue weighted by Crippen LogP contribution is -2.30. The highest BCUT2D eigenvalue weighted by atomic mass is 16.6. The first kappa shape index (κ1) is 75.8. The zero-order valence-corrected chi connectivity index (χ0v) is 52.6. The molecule has 0 bridgehead atoms. The predicted molar refractivity (Wildman–Crippen MR) is 344 cm³/mol. The zero-order chi connectivity index (χ0) is 57.1. The lowest BCUT2D eigenvalue weighted by atomic mass is 10.0. The van der Waals surface area contributed by atoms with Crippen molar-refractivity contribution >= 4 is 17.9 Å². The van der Waals surface area contributed by atoms with E-state index in [1.54, 1.807) is 0 Å². The van der Waals surface area contributed by atoms with Gasteiger partial charge in [-0.25, -0.2) is 0 Å². The number of allylic oxidation sites excluding steroid dienone is 12. The normalized spacial score (nSPS) is 12.5. The van der Waals surface area contributed by atoms with E-state index in [1.165, 1.54) is 205 Å². The molecule has 0 aromatic rings. The van der Waals surface area contributed by atoms with Crippen molar-refractivity contribution in [1.82, 2.24) is 0 Å². The fourth-order valence-corrected chi connectivity index (χ4v) is 10.1. The second-order valence-electron chi connectivity index (χ2n) is 23.1. The maximum atomic E-state index is 12.9. The van der Waals surface area contributed by atoms with Crippen LogP contribution in [0.15, 0.2) is 72.9 Å². The summed E-state index contributed by atoms with van der Waals surface area (Å²) in [6, 6.07) is 0. The molecule has 0 aliphatic heterocycles. The third-order valence-corrected chi connectivity index (χ3v) is 15.2. The number of rotatable bonds is 63. The summed E-state index contributed by atoms with van der Waals surface area (Å²) < 4.78 is 17.0. The standard InChI is InChI=1S/C73H130O6/c1-4-7-10-13-16-19-22-25-28-31-33-34-35-36-37-38-40-42-45-48-51-54-57-60-63-66-72(75)78-69-70(68-77-71(74)65-62-59-56-53-50-47-44-41-30-27-24-21-18-15-12-9-6-3)79-73(76)67-64-61-58-55-52-49-46-43-39-32-29-26-23-20-17-14-11-8-5-2/h8,11,17-18,20-21,26-27,29-30,39,43,70H,4-7,9-10,12-16,19,22-25,28,31-38,40-42,44-69H2,1-3H3/b11-8-,20-17-,21-18-,29-26-,30-27-,43-39-. The van der Waals surface area contributed by atoms with Gasteiger partial charge in [0.2, 0.25) is 0 Å². The molecule has 0 aromatic heterocycles. The molecule has 6 heteroatoms. The van der Waals surface area contributed by atoms with Crippen LogP contribution in [0.4, 0.5) is 0 Å². The summed E-state index contributed by atoms with van der Waals surface area (Å²) in [4.78, 5) is 38.4. The van der Waals surface area contributed by atoms with E-state index in [0.717, 1.165) is 109 Å². The van der Waals surface area contributed by atoms with Gasteiger partial charge in [-0.3, -0.25) is 14.4 Å². The first-order valence-corrected chi connectivity index (χ1v) is 34.4. The maximum absolute atomic E-state index is 12.9. The summed E-state index contributed by atoms with van der Waals surface area (Å²) in [5.41, 5.74) is 0. The van der Waals surface area contributed by atoms with E-state index in [4.69, 9.17) is 14.2 Å². The highest BCUT2D eigenvalue weighted by molar-refractivity contribution is 5.71. The molecule has 0 aliphatic carbocycles. The third kappa shape index (κ3) is 65.5. The quantitative estimate of drug-likeness (QED) is 0.0261. The molecule has 0 amide bonds. The van der Waals surface area contributed by atoms with E-state index in [-0.39, 0.29) is 31.1 Å². The van der Waals surface area contributed by atoms with Gasteiger partial charge in [-0.15, -0.1) is 0 Å². The highest BCUT2D eigenvalue weighted by Crippen LogP contribution is 2.18. The molecule has 0 N–H and O–H groups in total. The number of unbranched alkanes of at least 4 members (excludes halogenated alkanes) is 40. The van der Waals surface area contributed by atoms with Gasteiger partial charge in [0.05, 0.1) is 0 Å². The predicted octanol–water partition coefficient (Wildman–Crippen LogP) is 23.7. The van der Waals surface area contributed by atoms with E-state index in [2.05, 4.69) is 93.7 Å². The van der Waals surface area contributed by atoms with Gasteiger partial charge in [0.25, 0.3) is 0 Å². The number of esters is 3. The van der Waals surface area contributed by atoms with Gasteiger partial charge in [-0.2, -0.15) is 0 Å². The van der Waals surface area contributed by atoms with Crippen LogP contribution in [0.3, 0.4) is 0 Å². The summed E-state index contributed by atoms with van der Waals surface area (Å²) in [5, 5.41) is 0. The van der Waals surface area contributed by atoms with Gasteiger partial charge in [0.15, 0.2) is 6.10 Å². The van der Waals surface area contributed by atoms with Crippen molar-refractivity contribution in [3.8, 4) is 0 Å². The molecule has 1 atom stereocenters. The van der Waals surface area contributed by atoms with E-state index in [0.29, 0.717) is 19.3 Å². The van der Waals surface area contributed by atoms with Crippen LogP contribution in [0.5, 0.6) is 0 Å². The van der Waals surface area contributed by atoms with E-state index in [1.807, 2.05) is 0 Å². The van der Waals surface area contributed by atoms with E-state index >= 15 is 0 Å². The minimum Gasteiger partial charge on any atom is -0.462 e. The van der Waals surface area contributed by atoms with Crippen LogP contribution >= 0.6 is 0 Å². The summed E-state index contributed by atoms with van der Waals surface area (Å²) in [6.45, 7) is 6.54. The van der Waals surface area contributed by atoms with E-state index < -0.39 is 6.10 Å². The highest BCUT2D eigenvalue weighted by Gasteiger charge is 2.19. The summed E-state index contributed by atoms with van der Waals surface area (Å²) in [5.74, 6) is -0.883. The van der Waals surface area contributed by atoms with Crippen LogP contribution in [0.2, 0.25) is 0 Å². The van der Waals surface area contributed by atoms with Crippen molar-refractivity contribution in [1.29, 1.82) is 0 Å². The molecule has 458 valence electrons. The van der Waals surface area contributed by atoms with Crippen molar-refractivity contribution in [3.63, 3.8) is 0 Å². The van der Waals surface area contributed by atoms with Crippen molar-refractivity contribution in [2.45, 2.75) is 361 Å². The van der Waals surface area contributed by atoms with Crippen molar-refractivity contribution in [3.05, 3.63) is 72.9 Å². The van der Waals surface area contributed by atoms with Gasteiger partial charge in [0, 0.05) is 19.3 Å². The molecule has 0 saturated heterocycles. The SMILES string of the molecule is CC/C=C\C/C=C\C/C=C\C/C=C\CCCCCCCCC(=O)OC(COC(=O)CCCCCCCCC/C=C\C/C=C\CCCCC)COC(=O)CCCCCCCCCCCCCCCCCCCCCCCCCCC. The summed E-state index contributed by atoms with van der Waals surface area (Å²) in [7, 11) is 0. The monoisotopic (exact) mass is 1100 g/mol.